The highest BCUT2D eigenvalue weighted by molar-refractivity contribution is 5.94. The Balaban J connectivity index is 3.00. The molecule has 12 nitrogen and oxygen atoms in total. The molecule has 12 heteroatoms. The Bertz CT molecular complexity index is 894. The van der Waals surface area contributed by atoms with E-state index in [2.05, 4.69) is 16.0 Å². The highest BCUT2D eigenvalue weighted by atomic mass is 16.4. The lowest BCUT2D eigenvalue weighted by molar-refractivity contribution is -0.145. The number of phenolic OH excluding ortho intramolecular Hbond substituents is 1. The molecule has 1 aromatic carbocycles. The van der Waals surface area contributed by atoms with Crippen LogP contribution in [0.15, 0.2) is 24.3 Å². The number of hydrogen-bond acceptors (Lipinski definition) is 8. The monoisotopic (exact) mass is 523 g/mol. The molecule has 0 spiro atoms. The average molecular weight is 524 g/mol. The largest absolute Gasteiger partial charge is 0.508 e. The molecule has 1 aromatic rings. The van der Waals surface area contributed by atoms with Crippen molar-refractivity contribution in [3.8, 4) is 5.75 Å². The third kappa shape index (κ3) is 10.7. The number of carbonyl (C=O) groups is 4. The quantitative estimate of drug-likeness (QED) is 0.129. The van der Waals surface area contributed by atoms with E-state index in [-0.39, 0.29) is 24.5 Å². The van der Waals surface area contributed by atoms with Gasteiger partial charge in [0.2, 0.25) is 17.7 Å². The normalized spacial score (nSPS) is 15.9. The van der Waals surface area contributed by atoms with Gasteiger partial charge in [-0.05, 0) is 62.8 Å². The predicted molar refractivity (Wildman–Crippen MR) is 137 cm³/mol. The number of rotatable bonds is 16. The second kappa shape index (κ2) is 15.8. The van der Waals surface area contributed by atoms with Gasteiger partial charge in [-0.1, -0.05) is 32.4 Å². The molecule has 10 N–H and O–H groups in total. The third-order valence-electron chi connectivity index (χ3n) is 6.15. The van der Waals surface area contributed by atoms with Gasteiger partial charge in [-0.15, -0.1) is 0 Å². The molecule has 208 valence electrons. The van der Waals surface area contributed by atoms with E-state index in [1.165, 1.54) is 19.1 Å². The van der Waals surface area contributed by atoms with Crippen LogP contribution in [0, 0.1) is 5.92 Å². The van der Waals surface area contributed by atoms with Gasteiger partial charge < -0.3 is 42.7 Å². The van der Waals surface area contributed by atoms with Crippen LogP contribution in [0.2, 0.25) is 0 Å². The van der Waals surface area contributed by atoms with Crippen LogP contribution in [0.25, 0.3) is 0 Å². The van der Waals surface area contributed by atoms with Crippen molar-refractivity contribution >= 4 is 23.7 Å². The van der Waals surface area contributed by atoms with Crippen LogP contribution in [-0.2, 0) is 25.6 Å². The molecule has 0 heterocycles. The number of benzene rings is 1. The van der Waals surface area contributed by atoms with Gasteiger partial charge in [-0.25, -0.2) is 4.79 Å². The highest BCUT2D eigenvalue weighted by Crippen LogP contribution is 2.13. The van der Waals surface area contributed by atoms with E-state index < -0.39 is 54.0 Å². The molecule has 0 aliphatic carbocycles. The first-order chi connectivity index (χ1) is 17.4. The topological polar surface area (TPSA) is 217 Å². The molecule has 0 radical (unpaired) electrons. The smallest absolute Gasteiger partial charge is 0.328 e. The van der Waals surface area contributed by atoms with Crippen LogP contribution in [0.4, 0.5) is 0 Å². The van der Waals surface area contributed by atoms with Crippen LogP contribution in [0.1, 0.15) is 52.0 Å². The Morgan fingerprint density at radius 1 is 0.919 bits per heavy atom. The van der Waals surface area contributed by atoms with E-state index in [1.807, 2.05) is 6.92 Å². The first-order valence-electron chi connectivity index (χ1n) is 12.5. The first-order valence-corrected chi connectivity index (χ1v) is 12.5. The second-order valence-corrected chi connectivity index (χ2v) is 9.26. The van der Waals surface area contributed by atoms with Gasteiger partial charge in [0.1, 0.15) is 17.8 Å². The zero-order valence-corrected chi connectivity index (χ0v) is 21.6. The summed E-state index contributed by atoms with van der Waals surface area (Å²) in [6.45, 7) is 5.17. The van der Waals surface area contributed by atoms with E-state index in [0.717, 1.165) is 5.56 Å². The lowest BCUT2D eigenvalue weighted by Crippen LogP contribution is -2.59. The molecule has 0 saturated heterocycles. The fourth-order valence-electron chi connectivity index (χ4n) is 3.61. The van der Waals surface area contributed by atoms with Crippen molar-refractivity contribution in [2.24, 2.45) is 17.4 Å². The number of carbonyl (C=O) groups excluding carboxylic acids is 3. The summed E-state index contributed by atoms with van der Waals surface area (Å²) in [5.41, 5.74) is 12.3. The van der Waals surface area contributed by atoms with Crippen molar-refractivity contribution in [3.05, 3.63) is 29.8 Å². The van der Waals surface area contributed by atoms with Crippen molar-refractivity contribution in [2.75, 3.05) is 6.54 Å². The van der Waals surface area contributed by atoms with Crippen molar-refractivity contribution < 1.29 is 34.5 Å². The maximum atomic E-state index is 13.2. The second-order valence-electron chi connectivity index (χ2n) is 9.26. The Hall–Kier alpha value is -3.22. The Kier molecular flexibility index (Phi) is 13.6. The van der Waals surface area contributed by atoms with Crippen molar-refractivity contribution in [2.45, 2.75) is 83.1 Å². The van der Waals surface area contributed by atoms with Crippen LogP contribution in [0.3, 0.4) is 0 Å². The van der Waals surface area contributed by atoms with E-state index in [4.69, 9.17) is 11.5 Å². The number of nitrogens with two attached hydrogens (primary N) is 2. The molecular weight excluding hydrogens is 482 g/mol. The molecule has 3 amide bonds. The number of carboxylic acid groups (broad SMARTS) is 1. The maximum absolute atomic E-state index is 13.2. The maximum Gasteiger partial charge on any atom is 0.328 e. The SMILES string of the molecule is CCC(C)C(NC(=O)C(CCCCN)NC(=O)C(N)Cc1ccc(O)cc1)C(=O)NC(C(=O)O)C(C)O. The molecule has 37 heavy (non-hydrogen) atoms. The van der Waals surface area contributed by atoms with Gasteiger partial charge in [0, 0.05) is 0 Å². The van der Waals surface area contributed by atoms with Crippen molar-refractivity contribution in [1.29, 1.82) is 0 Å². The number of carboxylic acids is 1. The molecule has 0 fully saturated rings. The summed E-state index contributed by atoms with van der Waals surface area (Å²) in [6.07, 6.45) is 0.715. The predicted octanol–water partition coefficient (Wildman–Crippen LogP) is -0.643. The number of nitrogens with one attached hydrogen (secondary N) is 3. The summed E-state index contributed by atoms with van der Waals surface area (Å²) in [5.74, 6) is -3.64. The number of amides is 3. The fourth-order valence-corrected chi connectivity index (χ4v) is 3.61. The summed E-state index contributed by atoms with van der Waals surface area (Å²) in [6, 6.07) is 1.63. The molecule has 6 unspecified atom stereocenters. The van der Waals surface area contributed by atoms with Crippen LogP contribution < -0.4 is 27.4 Å². The van der Waals surface area contributed by atoms with E-state index in [0.29, 0.717) is 25.8 Å². The molecule has 1 rings (SSSR count). The van der Waals surface area contributed by atoms with Crippen molar-refractivity contribution in [3.63, 3.8) is 0 Å². The number of hydrogen-bond donors (Lipinski definition) is 8. The standard InChI is InChI=1S/C25H41N5O7/c1-4-14(2)20(24(35)30-21(15(3)31)25(36)37)29-23(34)19(7-5-6-12-26)28-22(33)18(27)13-16-8-10-17(32)11-9-16/h8-11,14-15,18-21,31-32H,4-7,12-13,26-27H2,1-3H3,(H,28,33)(H,29,34)(H,30,35)(H,36,37). The van der Waals surface area contributed by atoms with Crippen molar-refractivity contribution in [1.82, 2.24) is 16.0 Å². The van der Waals surface area contributed by atoms with Crippen LogP contribution in [0.5, 0.6) is 5.75 Å². The van der Waals surface area contributed by atoms with E-state index >= 15 is 0 Å². The van der Waals surface area contributed by atoms with E-state index in [1.54, 1.807) is 19.1 Å². The van der Waals surface area contributed by atoms with Gasteiger partial charge >= 0.3 is 5.97 Å². The van der Waals surface area contributed by atoms with Crippen LogP contribution >= 0.6 is 0 Å². The summed E-state index contributed by atoms with van der Waals surface area (Å²) in [7, 11) is 0. The molecule has 6 atom stereocenters. The fraction of sp³-hybridized carbons (Fsp3) is 0.600. The van der Waals surface area contributed by atoms with Gasteiger partial charge in [0.15, 0.2) is 6.04 Å². The number of aromatic hydroxyl groups is 1. The third-order valence-corrected chi connectivity index (χ3v) is 6.15. The lowest BCUT2D eigenvalue weighted by atomic mass is 9.96. The minimum Gasteiger partial charge on any atom is -0.508 e. The van der Waals surface area contributed by atoms with Gasteiger partial charge in [-0.3, -0.25) is 14.4 Å². The molecule has 0 bridgehead atoms. The number of aliphatic hydroxyl groups excluding tert-OH is 1. The molecular formula is C25H41N5O7. The number of aliphatic carboxylic acids is 1. The van der Waals surface area contributed by atoms with E-state index in [9.17, 15) is 34.5 Å². The summed E-state index contributed by atoms with van der Waals surface area (Å²) < 4.78 is 0. The zero-order chi connectivity index (χ0) is 28.1. The van der Waals surface area contributed by atoms with Crippen LogP contribution in [-0.4, -0.2) is 75.8 Å². The summed E-state index contributed by atoms with van der Waals surface area (Å²) in [5, 5.41) is 36.0. The molecule has 0 aliphatic rings. The Morgan fingerprint density at radius 3 is 2.03 bits per heavy atom. The molecule has 0 saturated carbocycles. The van der Waals surface area contributed by atoms with Gasteiger partial charge in [0.25, 0.3) is 0 Å². The minimum absolute atomic E-state index is 0.0847. The zero-order valence-electron chi connectivity index (χ0n) is 21.6. The van der Waals surface area contributed by atoms with Gasteiger partial charge in [0.05, 0.1) is 12.1 Å². The summed E-state index contributed by atoms with van der Waals surface area (Å²) in [4.78, 5) is 50.3. The number of phenols is 1. The Labute approximate surface area is 217 Å². The molecule has 0 aliphatic heterocycles. The number of unbranched alkanes of at least 4 members (excludes halogenated alkanes) is 1. The number of aliphatic hydroxyl groups is 1. The minimum atomic E-state index is -1.55. The van der Waals surface area contributed by atoms with Gasteiger partial charge in [-0.2, -0.15) is 0 Å². The lowest BCUT2D eigenvalue weighted by Gasteiger charge is -2.28. The average Bonchev–Trinajstić information content (AvgIpc) is 2.85. The Morgan fingerprint density at radius 2 is 1.51 bits per heavy atom. The first kappa shape index (κ1) is 31.8. The molecule has 0 aromatic heterocycles. The summed E-state index contributed by atoms with van der Waals surface area (Å²) >= 11 is 0. The highest BCUT2D eigenvalue weighted by Gasteiger charge is 2.33.